The van der Waals surface area contributed by atoms with Gasteiger partial charge in [-0.2, -0.15) is 0 Å². The molecule has 0 bridgehead atoms. The second-order valence-electron chi connectivity index (χ2n) is 8.52. The predicted molar refractivity (Wildman–Crippen MR) is 120 cm³/mol. The quantitative estimate of drug-likeness (QED) is 0.342. The van der Waals surface area contributed by atoms with Crippen LogP contribution in [0, 0.1) is 0 Å². The van der Waals surface area contributed by atoms with E-state index in [4.69, 9.17) is 9.47 Å². The third-order valence-corrected chi connectivity index (χ3v) is 4.87. The number of aromatic nitrogens is 3. The van der Waals surface area contributed by atoms with Gasteiger partial charge in [0.2, 0.25) is 0 Å². The van der Waals surface area contributed by atoms with Crippen LogP contribution in [0.2, 0.25) is 0 Å². The number of hydrogen-bond donors (Lipinski definition) is 1. The van der Waals surface area contributed by atoms with Gasteiger partial charge in [0.1, 0.15) is 41.4 Å². The Balaban J connectivity index is 1.94. The fraction of sp³-hybridized carbons (Fsp3) is 0.375. The van der Waals surface area contributed by atoms with Crippen molar-refractivity contribution in [1.82, 2.24) is 15.0 Å². The van der Waals surface area contributed by atoms with Crippen molar-refractivity contribution < 1.29 is 19.4 Å². The van der Waals surface area contributed by atoms with Gasteiger partial charge in [-0.3, -0.25) is 0 Å². The number of ether oxygens (including phenoxy) is 2. The molecule has 164 valence electrons. The van der Waals surface area contributed by atoms with Crippen molar-refractivity contribution in [2.45, 2.75) is 46.5 Å². The van der Waals surface area contributed by atoms with Crippen LogP contribution in [0.5, 0.6) is 11.5 Å². The van der Waals surface area contributed by atoms with Crippen LogP contribution in [0.25, 0.3) is 16.7 Å². The van der Waals surface area contributed by atoms with Gasteiger partial charge in [-0.05, 0) is 42.5 Å². The van der Waals surface area contributed by atoms with Crippen LogP contribution in [0.15, 0.2) is 42.5 Å². The zero-order chi connectivity index (χ0) is 22.8. The minimum atomic E-state index is -0.454. The maximum atomic E-state index is 11.5. The fourth-order valence-electron chi connectivity index (χ4n) is 3.11. The molecule has 0 amide bonds. The fourth-order valence-corrected chi connectivity index (χ4v) is 3.11. The Morgan fingerprint density at radius 3 is 2.48 bits per heavy atom. The van der Waals surface area contributed by atoms with Crippen LogP contribution in [-0.2, 0) is 21.4 Å². The van der Waals surface area contributed by atoms with Gasteiger partial charge in [-0.1, -0.05) is 40.3 Å². The SMILES string of the molecule is C=C(C)C(=O)OCCOc1cc(-n2nc3ccc(CC)cc3n2)c(O)c(C(C)(C)C)c1. The number of benzene rings is 2. The molecule has 1 heterocycles. The van der Waals surface area contributed by atoms with Crippen molar-refractivity contribution in [3.05, 3.63) is 53.6 Å². The van der Waals surface area contributed by atoms with Gasteiger partial charge >= 0.3 is 5.97 Å². The van der Waals surface area contributed by atoms with Crippen LogP contribution < -0.4 is 4.74 Å². The number of phenols is 1. The van der Waals surface area contributed by atoms with E-state index in [0.717, 1.165) is 17.5 Å². The molecule has 0 spiro atoms. The van der Waals surface area contributed by atoms with E-state index in [-0.39, 0.29) is 24.4 Å². The van der Waals surface area contributed by atoms with Crippen LogP contribution in [-0.4, -0.2) is 39.3 Å². The molecule has 0 aliphatic rings. The number of aryl methyl sites for hydroxylation is 1. The Kier molecular flexibility index (Phi) is 6.34. The van der Waals surface area contributed by atoms with E-state index in [9.17, 15) is 9.90 Å². The van der Waals surface area contributed by atoms with E-state index in [1.165, 1.54) is 10.4 Å². The van der Waals surface area contributed by atoms with Crippen LogP contribution in [0.1, 0.15) is 45.7 Å². The van der Waals surface area contributed by atoms with Crippen molar-refractivity contribution in [1.29, 1.82) is 0 Å². The largest absolute Gasteiger partial charge is 0.505 e. The van der Waals surface area contributed by atoms with Crippen LogP contribution in [0.3, 0.4) is 0 Å². The highest BCUT2D eigenvalue weighted by molar-refractivity contribution is 5.86. The van der Waals surface area contributed by atoms with Crippen molar-refractivity contribution in [2.24, 2.45) is 0 Å². The molecule has 0 unspecified atom stereocenters. The predicted octanol–water partition coefficient (Wildman–Crippen LogP) is 4.48. The zero-order valence-electron chi connectivity index (χ0n) is 18.7. The number of aromatic hydroxyl groups is 1. The molecule has 3 rings (SSSR count). The molecule has 1 N–H and O–H groups in total. The molecule has 0 aliphatic heterocycles. The lowest BCUT2D eigenvalue weighted by Crippen LogP contribution is -2.15. The van der Waals surface area contributed by atoms with E-state index in [1.54, 1.807) is 19.1 Å². The Morgan fingerprint density at radius 2 is 1.84 bits per heavy atom. The van der Waals surface area contributed by atoms with Crippen molar-refractivity contribution in [3.63, 3.8) is 0 Å². The third-order valence-electron chi connectivity index (χ3n) is 4.87. The molecule has 0 fully saturated rings. The second kappa shape index (κ2) is 8.79. The minimum absolute atomic E-state index is 0.0937. The van der Waals surface area contributed by atoms with E-state index in [0.29, 0.717) is 22.6 Å². The maximum Gasteiger partial charge on any atom is 0.333 e. The lowest BCUT2D eigenvalue weighted by Gasteiger charge is -2.23. The van der Waals surface area contributed by atoms with E-state index in [2.05, 4.69) is 23.7 Å². The Labute approximate surface area is 182 Å². The van der Waals surface area contributed by atoms with Crippen molar-refractivity contribution >= 4 is 17.0 Å². The lowest BCUT2D eigenvalue weighted by molar-refractivity contribution is -0.139. The number of rotatable bonds is 7. The van der Waals surface area contributed by atoms with Gasteiger partial charge in [-0.15, -0.1) is 15.0 Å². The summed E-state index contributed by atoms with van der Waals surface area (Å²) in [6.07, 6.45) is 0.904. The van der Waals surface area contributed by atoms with E-state index < -0.39 is 5.97 Å². The first-order valence-electron chi connectivity index (χ1n) is 10.3. The summed E-state index contributed by atoms with van der Waals surface area (Å²) in [6, 6.07) is 9.42. The molecule has 0 atom stereocenters. The molecule has 1 aromatic heterocycles. The van der Waals surface area contributed by atoms with E-state index >= 15 is 0 Å². The first-order valence-corrected chi connectivity index (χ1v) is 10.3. The summed E-state index contributed by atoms with van der Waals surface area (Å²) in [5.41, 5.74) is 3.80. The highest BCUT2D eigenvalue weighted by Crippen LogP contribution is 2.38. The number of esters is 1. The highest BCUT2D eigenvalue weighted by Gasteiger charge is 2.24. The number of nitrogens with zero attached hydrogens (tertiary/aromatic N) is 3. The highest BCUT2D eigenvalue weighted by atomic mass is 16.6. The summed E-state index contributed by atoms with van der Waals surface area (Å²) in [5, 5.41) is 20.1. The summed E-state index contributed by atoms with van der Waals surface area (Å²) in [7, 11) is 0. The minimum Gasteiger partial charge on any atom is -0.505 e. The molecular formula is C24H29N3O4. The number of carbonyl (C=O) groups excluding carboxylic acids is 1. The van der Waals surface area contributed by atoms with Crippen LogP contribution in [0.4, 0.5) is 0 Å². The Morgan fingerprint density at radius 1 is 1.13 bits per heavy atom. The average Bonchev–Trinajstić information content (AvgIpc) is 3.13. The summed E-state index contributed by atoms with van der Waals surface area (Å²) >= 11 is 0. The normalized spacial score (nSPS) is 11.5. The molecule has 3 aromatic rings. The molecular weight excluding hydrogens is 394 g/mol. The summed E-state index contributed by atoms with van der Waals surface area (Å²) < 4.78 is 10.9. The van der Waals surface area contributed by atoms with Crippen molar-refractivity contribution in [2.75, 3.05) is 13.2 Å². The standard InChI is InChI=1S/C24H29N3O4/c1-7-16-8-9-19-20(12-16)26-27(25-19)21-14-17(13-18(22(21)28)24(4,5)6)30-10-11-31-23(29)15(2)3/h8-9,12-14,28H,2,7,10-11H2,1,3-6H3. The Hall–Kier alpha value is -3.35. The van der Waals surface area contributed by atoms with Gasteiger partial charge in [0.05, 0.1) is 0 Å². The molecule has 7 heteroatoms. The first kappa shape index (κ1) is 22.3. The lowest BCUT2D eigenvalue weighted by atomic mass is 9.86. The van der Waals surface area contributed by atoms with Gasteiger partial charge in [0.15, 0.2) is 0 Å². The molecule has 0 saturated heterocycles. The van der Waals surface area contributed by atoms with Gasteiger partial charge in [0.25, 0.3) is 0 Å². The average molecular weight is 424 g/mol. The molecule has 0 saturated carbocycles. The van der Waals surface area contributed by atoms with Gasteiger partial charge in [-0.25, -0.2) is 4.79 Å². The first-order chi connectivity index (χ1) is 14.6. The molecule has 2 aromatic carbocycles. The Bertz CT molecular complexity index is 1130. The molecule has 31 heavy (non-hydrogen) atoms. The van der Waals surface area contributed by atoms with Crippen LogP contribution >= 0.6 is 0 Å². The summed E-state index contributed by atoms with van der Waals surface area (Å²) in [4.78, 5) is 13.0. The maximum absolute atomic E-state index is 11.5. The smallest absolute Gasteiger partial charge is 0.333 e. The topological polar surface area (TPSA) is 86.5 Å². The number of phenolic OH excluding ortho intramolecular Hbond substituents is 1. The van der Waals surface area contributed by atoms with E-state index in [1.807, 2.05) is 39.0 Å². The number of carbonyl (C=O) groups is 1. The van der Waals surface area contributed by atoms with Crippen molar-refractivity contribution in [3.8, 4) is 17.2 Å². The zero-order valence-corrected chi connectivity index (χ0v) is 18.7. The molecule has 0 aliphatic carbocycles. The van der Waals surface area contributed by atoms with Gasteiger partial charge < -0.3 is 14.6 Å². The summed E-state index contributed by atoms with van der Waals surface area (Å²) in [6.45, 7) is 13.5. The molecule has 7 nitrogen and oxygen atoms in total. The number of hydrogen-bond acceptors (Lipinski definition) is 6. The molecule has 0 radical (unpaired) electrons. The van der Waals surface area contributed by atoms with Gasteiger partial charge in [0, 0.05) is 17.2 Å². The summed E-state index contributed by atoms with van der Waals surface area (Å²) in [5.74, 6) is 0.175. The third kappa shape index (κ3) is 5.05. The second-order valence-corrected chi connectivity index (χ2v) is 8.52. The number of fused-ring (bicyclic) bond motifs is 1. The monoisotopic (exact) mass is 423 g/mol.